The van der Waals surface area contributed by atoms with E-state index in [1.54, 1.807) is 12.1 Å². The Morgan fingerprint density at radius 3 is 2.60 bits per heavy atom. The summed E-state index contributed by atoms with van der Waals surface area (Å²) in [6.45, 7) is 2.32. The smallest absolute Gasteiger partial charge is 0.277 e. The number of halogens is 1. The van der Waals surface area contributed by atoms with Crippen molar-refractivity contribution >= 4 is 29.3 Å². The molecule has 9 heteroatoms. The number of nitrogens with zero attached hydrogens (tertiary/aromatic N) is 3. The van der Waals surface area contributed by atoms with Crippen LogP contribution in [0.4, 0.5) is 0 Å². The molecule has 3 aromatic rings. The lowest BCUT2D eigenvalue weighted by molar-refractivity contribution is -0.134. The first-order valence-electron chi connectivity index (χ1n) is 9.48. The number of aromatic nitrogens is 2. The highest BCUT2D eigenvalue weighted by atomic mass is 35.5. The molecule has 1 saturated heterocycles. The molecule has 4 rings (SSSR count). The SMILES string of the molecule is O=C(C(Sc1nnc(COc2ccccc2Cl)o1)c1ccccc1)N1CCOCC1. The van der Waals surface area contributed by atoms with Gasteiger partial charge in [0.15, 0.2) is 6.61 Å². The maximum absolute atomic E-state index is 13.2. The van der Waals surface area contributed by atoms with Crippen molar-refractivity contribution in [2.45, 2.75) is 17.1 Å². The largest absolute Gasteiger partial charge is 0.482 e. The molecular weight excluding hydrogens is 426 g/mol. The molecule has 30 heavy (non-hydrogen) atoms. The first-order chi connectivity index (χ1) is 14.7. The minimum Gasteiger partial charge on any atom is -0.482 e. The van der Waals surface area contributed by atoms with Crippen LogP contribution in [0, 0.1) is 0 Å². The molecule has 2 aromatic carbocycles. The van der Waals surface area contributed by atoms with Crippen molar-refractivity contribution in [2.24, 2.45) is 0 Å². The van der Waals surface area contributed by atoms with Gasteiger partial charge in [0, 0.05) is 13.1 Å². The summed E-state index contributed by atoms with van der Waals surface area (Å²) in [7, 11) is 0. The van der Waals surface area contributed by atoms with E-state index in [1.807, 2.05) is 47.4 Å². The lowest BCUT2D eigenvalue weighted by atomic mass is 10.1. The highest BCUT2D eigenvalue weighted by Gasteiger charge is 2.30. The number of hydrogen-bond donors (Lipinski definition) is 0. The van der Waals surface area contributed by atoms with Gasteiger partial charge in [-0.1, -0.05) is 54.1 Å². The van der Waals surface area contributed by atoms with Crippen LogP contribution in [0.5, 0.6) is 5.75 Å². The van der Waals surface area contributed by atoms with E-state index in [0.717, 1.165) is 5.56 Å². The minimum atomic E-state index is -0.484. The molecule has 1 aliphatic heterocycles. The Labute approximate surface area is 183 Å². The third-order valence-electron chi connectivity index (χ3n) is 4.50. The minimum absolute atomic E-state index is 0.00145. The molecule has 156 valence electrons. The topological polar surface area (TPSA) is 77.7 Å². The number of hydrogen-bond acceptors (Lipinski definition) is 7. The number of thioether (sulfide) groups is 1. The summed E-state index contributed by atoms with van der Waals surface area (Å²) in [5.74, 6) is 0.848. The summed E-state index contributed by atoms with van der Waals surface area (Å²) in [4.78, 5) is 15.0. The van der Waals surface area contributed by atoms with Crippen LogP contribution in [0.2, 0.25) is 5.02 Å². The van der Waals surface area contributed by atoms with E-state index in [0.29, 0.717) is 48.2 Å². The molecule has 1 fully saturated rings. The molecule has 1 unspecified atom stereocenters. The zero-order valence-corrected chi connectivity index (χ0v) is 17.6. The van der Waals surface area contributed by atoms with Gasteiger partial charge in [0.25, 0.3) is 11.1 Å². The number of carbonyl (C=O) groups is 1. The predicted octanol–water partition coefficient (Wildman–Crippen LogP) is 3.99. The van der Waals surface area contributed by atoms with Crippen LogP contribution in [0.3, 0.4) is 0 Å². The van der Waals surface area contributed by atoms with Crippen molar-refractivity contribution in [3.63, 3.8) is 0 Å². The van der Waals surface area contributed by atoms with Crippen molar-refractivity contribution in [3.8, 4) is 5.75 Å². The van der Waals surface area contributed by atoms with Crippen LogP contribution >= 0.6 is 23.4 Å². The van der Waals surface area contributed by atoms with Crippen LogP contribution in [0.1, 0.15) is 16.7 Å². The van der Waals surface area contributed by atoms with Crippen molar-refractivity contribution in [3.05, 3.63) is 71.1 Å². The third-order valence-corrected chi connectivity index (χ3v) is 5.89. The second-order valence-corrected chi connectivity index (χ2v) is 7.99. The van der Waals surface area contributed by atoms with E-state index < -0.39 is 5.25 Å². The van der Waals surface area contributed by atoms with Crippen LogP contribution in [-0.2, 0) is 16.1 Å². The fourth-order valence-electron chi connectivity index (χ4n) is 2.98. The molecule has 1 amide bonds. The van der Waals surface area contributed by atoms with Crippen molar-refractivity contribution in [1.82, 2.24) is 15.1 Å². The molecule has 0 N–H and O–H groups in total. The molecule has 1 aromatic heterocycles. The van der Waals surface area contributed by atoms with E-state index in [4.69, 9.17) is 25.5 Å². The number of carbonyl (C=O) groups excluding carboxylic acids is 1. The quantitative estimate of drug-likeness (QED) is 0.509. The Hall–Kier alpha value is -2.55. The van der Waals surface area contributed by atoms with Gasteiger partial charge in [0.1, 0.15) is 11.0 Å². The number of ether oxygens (including phenoxy) is 2. The Morgan fingerprint density at radius 1 is 1.10 bits per heavy atom. The molecular formula is C21H20ClN3O4S. The Bertz CT molecular complexity index is 979. The van der Waals surface area contributed by atoms with Gasteiger partial charge >= 0.3 is 0 Å². The highest BCUT2D eigenvalue weighted by Crippen LogP contribution is 2.36. The summed E-state index contributed by atoms with van der Waals surface area (Å²) in [5.41, 5.74) is 0.881. The Balaban J connectivity index is 1.46. The van der Waals surface area contributed by atoms with Gasteiger partial charge in [-0.15, -0.1) is 10.2 Å². The fraction of sp³-hybridized carbons (Fsp3) is 0.286. The molecule has 1 atom stereocenters. The van der Waals surface area contributed by atoms with Crippen molar-refractivity contribution < 1.29 is 18.7 Å². The number of amides is 1. The van der Waals surface area contributed by atoms with E-state index in [9.17, 15) is 4.79 Å². The summed E-state index contributed by atoms with van der Waals surface area (Å²) >= 11 is 7.33. The lowest BCUT2D eigenvalue weighted by Crippen LogP contribution is -2.42. The van der Waals surface area contributed by atoms with Crippen LogP contribution in [0.15, 0.2) is 64.2 Å². The normalized spacial score (nSPS) is 15.0. The van der Waals surface area contributed by atoms with Gasteiger partial charge in [-0.2, -0.15) is 0 Å². The maximum Gasteiger partial charge on any atom is 0.277 e. The number of benzene rings is 2. The zero-order chi connectivity index (χ0) is 20.8. The lowest BCUT2D eigenvalue weighted by Gasteiger charge is -2.29. The first-order valence-corrected chi connectivity index (χ1v) is 10.7. The molecule has 1 aliphatic rings. The molecule has 7 nitrogen and oxygen atoms in total. The van der Waals surface area contributed by atoms with Gasteiger partial charge < -0.3 is 18.8 Å². The van der Waals surface area contributed by atoms with E-state index in [-0.39, 0.29) is 12.5 Å². The van der Waals surface area contributed by atoms with Crippen molar-refractivity contribution in [1.29, 1.82) is 0 Å². The second-order valence-electron chi connectivity index (χ2n) is 6.53. The fourth-order valence-corrected chi connectivity index (χ4v) is 4.15. The van der Waals surface area contributed by atoms with Crippen molar-refractivity contribution in [2.75, 3.05) is 26.3 Å². The van der Waals surface area contributed by atoms with Gasteiger partial charge in [-0.05, 0) is 29.5 Å². The Kier molecular flexibility index (Phi) is 6.88. The van der Waals surface area contributed by atoms with Gasteiger partial charge in [0.05, 0.1) is 18.2 Å². The second kappa shape index (κ2) is 9.97. The summed E-state index contributed by atoms with van der Waals surface area (Å²) in [5, 5.41) is 8.44. The van der Waals surface area contributed by atoms with Gasteiger partial charge in [-0.3, -0.25) is 4.79 Å². The zero-order valence-electron chi connectivity index (χ0n) is 16.1. The average Bonchev–Trinajstić information content (AvgIpc) is 3.25. The standard InChI is InChI=1S/C21H20ClN3O4S/c22-16-8-4-5-9-17(16)28-14-18-23-24-21(29-18)30-19(15-6-2-1-3-7-15)20(26)25-10-12-27-13-11-25/h1-9,19H,10-14H2. The summed E-state index contributed by atoms with van der Waals surface area (Å²) in [6, 6.07) is 16.7. The van der Waals surface area contributed by atoms with Gasteiger partial charge in [-0.25, -0.2) is 0 Å². The van der Waals surface area contributed by atoms with Gasteiger partial charge in [0.2, 0.25) is 5.91 Å². The monoisotopic (exact) mass is 445 g/mol. The summed E-state index contributed by atoms with van der Waals surface area (Å²) in [6.07, 6.45) is 0. The highest BCUT2D eigenvalue weighted by molar-refractivity contribution is 8.00. The molecule has 0 bridgehead atoms. The van der Waals surface area contributed by atoms with Crippen LogP contribution in [0.25, 0.3) is 0 Å². The molecule has 0 aliphatic carbocycles. The van der Waals surface area contributed by atoms with Crippen LogP contribution in [-0.4, -0.2) is 47.3 Å². The number of rotatable bonds is 7. The molecule has 0 saturated carbocycles. The molecule has 2 heterocycles. The third kappa shape index (κ3) is 5.13. The van der Waals surface area contributed by atoms with E-state index >= 15 is 0 Å². The maximum atomic E-state index is 13.2. The van der Waals surface area contributed by atoms with E-state index in [2.05, 4.69) is 10.2 Å². The first kappa shape index (κ1) is 20.7. The molecule has 0 radical (unpaired) electrons. The average molecular weight is 446 g/mol. The molecule has 0 spiro atoms. The van der Waals surface area contributed by atoms with Crippen LogP contribution < -0.4 is 4.74 Å². The summed E-state index contributed by atoms with van der Waals surface area (Å²) < 4.78 is 16.7. The van der Waals surface area contributed by atoms with E-state index in [1.165, 1.54) is 11.8 Å². The Morgan fingerprint density at radius 2 is 1.83 bits per heavy atom. The number of morpholine rings is 1. The number of para-hydroxylation sites is 1. The predicted molar refractivity (Wildman–Crippen MR) is 113 cm³/mol.